The van der Waals surface area contributed by atoms with Gasteiger partial charge in [-0.1, -0.05) is 18.2 Å². The lowest BCUT2D eigenvalue weighted by atomic mass is 10.1. The van der Waals surface area contributed by atoms with Crippen molar-refractivity contribution in [3.05, 3.63) is 29.8 Å². The predicted octanol–water partition coefficient (Wildman–Crippen LogP) is 1.43. The molecule has 0 radical (unpaired) electrons. The van der Waals surface area contributed by atoms with E-state index in [4.69, 9.17) is 5.73 Å². The number of thioether (sulfide) groups is 1. The molecule has 3 nitrogen and oxygen atoms in total. The van der Waals surface area contributed by atoms with Crippen LogP contribution in [0.2, 0.25) is 0 Å². The molecule has 1 aliphatic heterocycles. The fourth-order valence-corrected chi connectivity index (χ4v) is 2.95. The Morgan fingerprint density at radius 1 is 1.50 bits per heavy atom. The molecule has 1 amide bonds. The fourth-order valence-electron chi connectivity index (χ4n) is 1.80. The van der Waals surface area contributed by atoms with Crippen LogP contribution in [-0.2, 0) is 11.2 Å². The first-order chi connectivity index (χ1) is 7.75. The Kier molecular flexibility index (Phi) is 3.72. The van der Waals surface area contributed by atoms with Crippen molar-refractivity contribution in [2.24, 2.45) is 0 Å². The van der Waals surface area contributed by atoms with Crippen LogP contribution in [0, 0.1) is 0 Å². The van der Waals surface area contributed by atoms with E-state index in [1.165, 1.54) is 0 Å². The van der Waals surface area contributed by atoms with Crippen molar-refractivity contribution in [1.29, 1.82) is 0 Å². The molecular weight excluding hydrogens is 220 g/mol. The largest absolute Gasteiger partial charge is 0.398 e. The van der Waals surface area contributed by atoms with Crippen LogP contribution in [0.4, 0.5) is 5.69 Å². The van der Waals surface area contributed by atoms with E-state index >= 15 is 0 Å². The zero-order valence-corrected chi connectivity index (χ0v) is 9.93. The highest BCUT2D eigenvalue weighted by Crippen LogP contribution is 2.17. The third kappa shape index (κ3) is 2.92. The Labute approximate surface area is 99.8 Å². The van der Waals surface area contributed by atoms with Crippen molar-refractivity contribution in [3.8, 4) is 0 Å². The molecule has 1 aliphatic rings. The molecule has 0 bridgehead atoms. The van der Waals surface area contributed by atoms with Crippen LogP contribution in [0.25, 0.3) is 0 Å². The maximum atomic E-state index is 11.7. The Balaban J connectivity index is 1.89. The summed E-state index contributed by atoms with van der Waals surface area (Å²) in [5, 5.41) is 3.04. The van der Waals surface area contributed by atoms with Crippen LogP contribution in [0.5, 0.6) is 0 Å². The van der Waals surface area contributed by atoms with Crippen LogP contribution >= 0.6 is 11.8 Å². The number of carbonyl (C=O) groups excluding carboxylic acids is 1. The average Bonchev–Trinajstić information content (AvgIpc) is 2.74. The summed E-state index contributed by atoms with van der Waals surface area (Å²) < 4.78 is 0. The Morgan fingerprint density at radius 3 is 3.00 bits per heavy atom. The lowest BCUT2D eigenvalue weighted by Gasteiger charge is -2.11. The zero-order valence-electron chi connectivity index (χ0n) is 9.11. The minimum atomic E-state index is 0.0744. The minimum absolute atomic E-state index is 0.0744. The van der Waals surface area contributed by atoms with E-state index in [0.717, 1.165) is 23.5 Å². The molecule has 1 saturated heterocycles. The standard InChI is InChI=1S/C12H16N2OS/c13-11-4-2-1-3-9(11)7-12(15)14-10-5-6-16-8-10/h1-4,10H,5-8,13H2,(H,14,15). The number of carbonyl (C=O) groups is 1. The molecule has 86 valence electrons. The third-order valence-electron chi connectivity index (χ3n) is 2.70. The summed E-state index contributed by atoms with van der Waals surface area (Å²) >= 11 is 1.89. The van der Waals surface area contributed by atoms with Gasteiger partial charge in [0.1, 0.15) is 0 Å². The second-order valence-electron chi connectivity index (χ2n) is 4.00. The molecule has 1 aromatic carbocycles. The molecule has 0 spiro atoms. The quantitative estimate of drug-likeness (QED) is 0.781. The van der Waals surface area contributed by atoms with Gasteiger partial charge < -0.3 is 11.1 Å². The molecule has 1 heterocycles. The van der Waals surface area contributed by atoms with Gasteiger partial charge in [0, 0.05) is 17.5 Å². The van der Waals surface area contributed by atoms with Crippen molar-refractivity contribution >= 4 is 23.4 Å². The summed E-state index contributed by atoms with van der Waals surface area (Å²) in [5.41, 5.74) is 7.39. The lowest BCUT2D eigenvalue weighted by Crippen LogP contribution is -2.35. The third-order valence-corrected chi connectivity index (χ3v) is 3.86. The van der Waals surface area contributed by atoms with Gasteiger partial charge in [-0.05, 0) is 23.8 Å². The lowest BCUT2D eigenvalue weighted by molar-refractivity contribution is -0.120. The van der Waals surface area contributed by atoms with Gasteiger partial charge in [0.15, 0.2) is 0 Å². The summed E-state index contributed by atoms with van der Waals surface area (Å²) in [4.78, 5) is 11.7. The van der Waals surface area contributed by atoms with Gasteiger partial charge in [0.25, 0.3) is 0 Å². The molecule has 3 N–H and O–H groups in total. The Morgan fingerprint density at radius 2 is 2.31 bits per heavy atom. The molecule has 1 atom stereocenters. The number of rotatable bonds is 3. The number of nitrogen functional groups attached to an aromatic ring is 1. The Hall–Kier alpha value is -1.16. The van der Waals surface area contributed by atoms with Gasteiger partial charge >= 0.3 is 0 Å². The number of anilines is 1. The molecule has 4 heteroatoms. The maximum absolute atomic E-state index is 11.7. The van der Waals surface area contributed by atoms with E-state index in [1.54, 1.807) is 0 Å². The summed E-state index contributed by atoms with van der Waals surface area (Å²) in [6.07, 6.45) is 1.47. The molecule has 1 fully saturated rings. The molecule has 0 aliphatic carbocycles. The monoisotopic (exact) mass is 236 g/mol. The number of benzene rings is 1. The van der Waals surface area contributed by atoms with E-state index < -0.39 is 0 Å². The van der Waals surface area contributed by atoms with E-state index in [2.05, 4.69) is 5.32 Å². The van der Waals surface area contributed by atoms with Crippen LogP contribution in [0.1, 0.15) is 12.0 Å². The second-order valence-corrected chi connectivity index (χ2v) is 5.15. The molecule has 0 aromatic heterocycles. The first kappa shape index (κ1) is 11.3. The second kappa shape index (κ2) is 5.25. The molecule has 1 aromatic rings. The normalized spacial score (nSPS) is 19.6. The summed E-state index contributed by atoms with van der Waals surface area (Å²) in [7, 11) is 0. The number of hydrogen-bond acceptors (Lipinski definition) is 3. The van der Waals surface area contributed by atoms with Gasteiger partial charge in [0.2, 0.25) is 5.91 Å². The molecule has 2 rings (SSSR count). The number of nitrogens with two attached hydrogens (primary N) is 1. The van der Waals surface area contributed by atoms with Crippen molar-refractivity contribution in [3.63, 3.8) is 0 Å². The highest BCUT2D eigenvalue weighted by molar-refractivity contribution is 7.99. The van der Waals surface area contributed by atoms with Gasteiger partial charge in [-0.25, -0.2) is 0 Å². The molecular formula is C12H16N2OS. The minimum Gasteiger partial charge on any atom is -0.398 e. The van der Waals surface area contributed by atoms with Crippen LogP contribution < -0.4 is 11.1 Å². The van der Waals surface area contributed by atoms with Crippen molar-refractivity contribution in [2.45, 2.75) is 18.9 Å². The molecule has 16 heavy (non-hydrogen) atoms. The SMILES string of the molecule is Nc1ccccc1CC(=O)NC1CCSC1. The van der Waals surface area contributed by atoms with Gasteiger partial charge in [-0.2, -0.15) is 11.8 Å². The maximum Gasteiger partial charge on any atom is 0.224 e. The van der Waals surface area contributed by atoms with Crippen LogP contribution in [0.15, 0.2) is 24.3 Å². The van der Waals surface area contributed by atoms with E-state index in [1.807, 2.05) is 36.0 Å². The number of para-hydroxylation sites is 1. The Bertz CT molecular complexity index is 375. The summed E-state index contributed by atoms with van der Waals surface area (Å²) in [6, 6.07) is 7.86. The molecule has 0 saturated carbocycles. The highest BCUT2D eigenvalue weighted by Gasteiger charge is 2.17. The highest BCUT2D eigenvalue weighted by atomic mass is 32.2. The summed E-state index contributed by atoms with van der Waals surface area (Å²) in [6.45, 7) is 0. The van der Waals surface area contributed by atoms with E-state index in [9.17, 15) is 4.79 Å². The smallest absolute Gasteiger partial charge is 0.224 e. The zero-order chi connectivity index (χ0) is 11.4. The van der Waals surface area contributed by atoms with Crippen LogP contribution in [0.3, 0.4) is 0 Å². The first-order valence-electron chi connectivity index (χ1n) is 5.46. The molecule has 1 unspecified atom stereocenters. The van der Waals surface area contributed by atoms with Crippen molar-refractivity contribution in [1.82, 2.24) is 5.32 Å². The fraction of sp³-hybridized carbons (Fsp3) is 0.417. The predicted molar refractivity (Wildman–Crippen MR) is 68.4 cm³/mol. The van der Waals surface area contributed by atoms with Crippen LogP contribution in [-0.4, -0.2) is 23.5 Å². The number of nitrogens with one attached hydrogen (secondary N) is 1. The summed E-state index contributed by atoms with van der Waals surface area (Å²) in [5.74, 6) is 2.26. The van der Waals surface area contributed by atoms with Gasteiger partial charge in [0.05, 0.1) is 6.42 Å². The van der Waals surface area contributed by atoms with Gasteiger partial charge in [-0.3, -0.25) is 4.79 Å². The van der Waals surface area contributed by atoms with Crippen molar-refractivity contribution < 1.29 is 4.79 Å². The number of amides is 1. The van der Waals surface area contributed by atoms with Gasteiger partial charge in [-0.15, -0.1) is 0 Å². The number of hydrogen-bond donors (Lipinski definition) is 2. The first-order valence-corrected chi connectivity index (χ1v) is 6.61. The van der Waals surface area contributed by atoms with E-state index in [0.29, 0.717) is 18.2 Å². The van der Waals surface area contributed by atoms with E-state index in [-0.39, 0.29) is 5.91 Å². The topological polar surface area (TPSA) is 55.1 Å². The van der Waals surface area contributed by atoms with Crippen molar-refractivity contribution in [2.75, 3.05) is 17.2 Å². The average molecular weight is 236 g/mol.